The fourth-order valence-corrected chi connectivity index (χ4v) is 1.17. The number of primary amides is 1. The Morgan fingerprint density at radius 2 is 1.93 bits per heavy atom. The zero-order valence-corrected chi connectivity index (χ0v) is 8.22. The Labute approximate surface area is 88.0 Å². The van der Waals surface area contributed by atoms with Crippen LogP contribution in [0.25, 0.3) is 0 Å². The van der Waals surface area contributed by atoms with Crippen molar-refractivity contribution in [2.45, 2.75) is 0 Å². The summed E-state index contributed by atoms with van der Waals surface area (Å²) in [6.45, 7) is 3.23. The monoisotopic (exact) mass is 204 g/mol. The molecule has 0 radical (unpaired) electrons. The first-order valence-electron chi connectivity index (χ1n) is 4.42. The van der Waals surface area contributed by atoms with Crippen LogP contribution >= 0.6 is 0 Å². The topological polar surface area (TPSA) is 63.4 Å². The van der Waals surface area contributed by atoms with Gasteiger partial charge in [0.05, 0.1) is 0 Å². The molecule has 78 valence electrons. The Morgan fingerprint density at radius 3 is 2.40 bits per heavy atom. The van der Waals surface area contributed by atoms with E-state index in [9.17, 15) is 9.59 Å². The summed E-state index contributed by atoms with van der Waals surface area (Å²) < 4.78 is 0. The van der Waals surface area contributed by atoms with Gasteiger partial charge in [0.25, 0.3) is 5.91 Å². The first-order chi connectivity index (χ1) is 7.15. The van der Waals surface area contributed by atoms with Crippen molar-refractivity contribution < 1.29 is 9.59 Å². The molecule has 15 heavy (non-hydrogen) atoms. The predicted octanol–water partition coefficient (Wildman–Crippen LogP) is 0.691. The van der Waals surface area contributed by atoms with Crippen LogP contribution in [0.2, 0.25) is 0 Å². The quantitative estimate of drug-likeness (QED) is 0.733. The molecule has 0 aliphatic rings. The van der Waals surface area contributed by atoms with Gasteiger partial charge >= 0.3 is 0 Å². The molecule has 0 aliphatic carbocycles. The number of carbonyl (C=O) groups excluding carboxylic acids is 2. The highest BCUT2D eigenvalue weighted by atomic mass is 16.2. The average Bonchev–Trinajstić information content (AvgIpc) is 2.26. The zero-order chi connectivity index (χ0) is 11.3. The van der Waals surface area contributed by atoms with Crippen LogP contribution < -0.4 is 10.6 Å². The van der Waals surface area contributed by atoms with Crippen LogP contribution in [0.15, 0.2) is 43.0 Å². The highest BCUT2D eigenvalue weighted by molar-refractivity contribution is 6.04. The third-order valence-electron chi connectivity index (χ3n) is 1.82. The Morgan fingerprint density at radius 1 is 1.33 bits per heavy atom. The van der Waals surface area contributed by atoms with Crippen LogP contribution in [0.5, 0.6) is 0 Å². The zero-order valence-electron chi connectivity index (χ0n) is 8.22. The van der Waals surface area contributed by atoms with Crippen LogP contribution in [0.4, 0.5) is 5.69 Å². The molecule has 0 aliphatic heterocycles. The van der Waals surface area contributed by atoms with Crippen LogP contribution in [0, 0.1) is 0 Å². The van der Waals surface area contributed by atoms with Gasteiger partial charge in [0.1, 0.15) is 6.54 Å². The van der Waals surface area contributed by atoms with Gasteiger partial charge in [0.2, 0.25) is 5.91 Å². The molecule has 0 heterocycles. The summed E-state index contributed by atoms with van der Waals surface area (Å²) in [5, 5.41) is 0. The van der Waals surface area contributed by atoms with Crippen molar-refractivity contribution in [3.05, 3.63) is 43.0 Å². The van der Waals surface area contributed by atoms with E-state index in [0.717, 1.165) is 6.08 Å². The molecule has 0 fully saturated rings. The number of rotatable bonds is 4. The van der Waals surface area contributed by atoms with Crippen molar-refractivity contribution >= 4 is 17.5 Å². The molecule has 0 atom stereocenters. The molecule has 1 aromatic rings. The maximum atomic E-state index is 11.4. The maximum absolute atomic E-state index is 11.4. The van der Waals surface area contributed by atoms with Crippen LogP contribution in [-0.4, -0.2) is 18.4 Å². The smallest absolute Gasteiger partial charge is 0.250 e. The van der Waals surface area contributed by atoms with Crippen molar-refractivity contribution in [3.63, 3.8) is 0 Å². The second-order valence-corrected chi connectivity index (χ2v) is 2.93. The Kier molecular flexibility index (Phi) is 3.62. The third-order valence-corrected chi connectivity index (χ3v) is 1.82. The standard InChI is InChI=1S/C11H12N2O2/c1-2-11(15)13(8-10(12)14)9-6-4-3-5-7-9/h2-7H,1,8H2,(H2,12,14). The van der Waals surface area contributed by atoms with Gasteiger partial charge in [-0.15, -0.1) is 0 Å². The molecule has 0 spiro atoms. The molecule has 4 heteroatoms. The van der Waals surface area contributed by atoms with Gasteiger partial charge in [0, 0.05) is 5.69 Å². The molecule has 0 bridgehead atoms. The highest BCUT2D eigenvalue weighted by Gasteiger charge is 2.14. The van der Waals surface area contributed by atoms with Crippen molar-refractivity contribution in [1.29, 1.82) is 0 Å². The number of carbonyl (C=O) groups is 2. The predicted molar refractivity (Wildman–Crippen MR) is 58.2 cm³/mol. The largest absolute Gasteiger partial charge is 0.368 e. The molecular weight excluding hydrogens is 192 g/mol. The number of anilines is 1. The van der Waals surface area contributed by atoms with Crippen LogP contribution in [-0.2, 0) is 9.59 Å². The fraction of sp³-hybridized carbons (Fsp3) is 0.0909. The van der Waals surface area contributed by atoms with E-state index in [-0.39, 0.29) is 12.5 Å². The molecule has 0 aromatic heterocycles. The lowest BCUT2D eigenvalue weighted by molar-refractivity contribution is -0.120. The number of nitrogens with zero attached hydrogens (tertiary/aromatic N) is 1. The highest BCUT2D eigenvalue weighted by Crippen LogP contribution is 2.12. The summed E-state index contributed by atoms with van der Waals surface area (Å²) in [5.41, 5.74) is 5.68. The second-order valence-electron chi connectivity index (χ2n) is 2.93. The van der Waals surface area contributed by atoms with Crippen molar-refractivity contribution in [3.8, 4) is 0 Å². The van der Waals surface area contributed by atoms with Gasteiger partial charge in [0.15, 0.2) is 0 Å². The number of amides is 2. The molecule has 0 saturated heterocycles. The Balaban J connectivity index is 2.96. The molecule has 0 saturated carbocycles. The van der Waals surface area contributed by atoms with E-state index in [4.69, 9.17) is 5.73 Å². The van der Waals surface area contributed by atoms with Gasteiger partial charge in [-0.1, -0.05) is 24.8 Å². The summed E-state index contributed by atoms with van der Waals surface area (Å²) in [7, 11) is 0. The lowest BCUT2D eigenvalue weighted by Gasteiger charge is -2.19. The SMILES string of the molecule is C=CC(=O)N(CC(N)=O)c1ccccc1. The molecule has 2 amide bonds. The van der Waals surface area contributed by atoms with Crippen LogP contribution in [0.3, 0.4) is 0 Å². The maximum Gasteiger partial charge on any atom is 0.250 e. The van der Waals surface area contributed by atoms with E-state index in [1.54, 1.807) is 24.3 Å². The molecule has 1 rings (SSSR count). The van der Waals surface area contributed by atoms with E-state index in [0.29, 0.717) is 5.69 Å². The summed E-state index contributed by atoms with van der Waals surface area (Å²) in [4.78, 5) is 23.5. The third kappa shape index (κ3) is 2.95. The fourth-order valence-electron chi connectivity index (χ4n) is 1.17. The van der Waals surface area contributed by atoms with Crippen LogP contribution in [0.1, 0.15) is 0 Å². The molecule has 4 nitrogen and oxygen atoms in total. The minimum Gasteiger partial charge on any atom is -0.368 e. The molecule has 1 aromatic carbocycles. The van der Waals surface area contributed by atoms with Gasteiger partial charge in [-0.05, 0) is 18.2 Å². The normalized spacial score (nSPS) is 9.33. The van der Waals surface area contributed by atoms with Crippen molar-refractivity contribution in [2.24, 2.45) is 5.73 Å². The van der Waals surface area contributed by atoms with E-state index >= 15 is 0 Å². The molecular formula is C11H12N2O2. The number of nitrogens with two attached hydrogens (primary N) is 1. The van der Waals surface area contributed by atoms with Gasteiger partial charge in [-0.25, -0.2) is 0 Å². The first kappa shape index (κ1) is 11.0. The average molecular weight is 204 g/mol. The Hall–Kier alpha value is -2.10. The van der Waals surface area contributed by atoms with E-state index in [2.05, 4.69) is 6.58 Å². The number of hydrogen-bond donors (Lipinski definition) is 1. The minimum absolute atomic E-state index is 0.144. The number of hydrogen-bond acceptors (Lipinski definition) is 2. The van der Waals surface area contributed by atoms with Crippen molar-refractivity contribution in [1.82, 2.24) is 0 Å². The molecule has 0 unspecified atom stereocenters. The minimum atomic E-state index is -0.561. The van der Waals surface area contributed by atoms with Gasteiger partial charge in [-0.2, -0.15) is 0 Å². The van der Waals surface area contributed by atoms with E-state index in [1.165, 1.54) is 4.90 Å². The van der Waals surface area contributed by atoms with Gasteiger partial charge < -0.3 is 5.73 Å². The van der Waals surface area contributed by atoms with E-state index in [1.807, 2.05) is 6.07 Å². The Bertz CT molecular complexity index is 373. The second kappa shape index (κ2) is 4.95. The summed E-state index contributed by atoms with van der Waals surface area (Å²) in [5.74, 6) is -0.908. The number of benzene rings is 1. The lowest BCUT2D eigenvalue weighted by atomic mass is 10.2. The number of para-hydroxylation sites is 1. The first-order valence-corrected chi connectivity index (χ1v) is 4.42. The van der Waals surface area contributed by atoms with Crippen molar-refractivity contribution in [2.75, 3.05) is 11.4 Å². The summed E-state index contributed by atoms with van der Waals surface area (Å²) in [6, 6.07) is 8.83. The van der Waals surface area contributed by atoms with E-state index < -0.39 is 5.91 Å². The summed E-state index contributed by atoms with van der Waals surface area (Å²) >= 11 is 0. The van der Waals surface area contributed by atoms with Gasteiger partial charge in [-0.3, -0.25) is 14.5 Å². The lowest BCUT2D eigenvalue weighted by Crippen LogP contribution is -2.37. The summed E-state index contributed by atoms with van der Waals surface area (Å²) in [6.07, 6.45) is 1.15. The molecule has 2 N–H and O–H groups in total.